The van der Waals surface area contributed by atoms with Gasteiger partial charge in [0, 0.05) is 5.69 Å². The van der Waals surface area contributed by atoms with E-state index < -0.39 is 17.6 Å². The molecule has 0 atom stereocenters. The second-order valence-corrected chi connectivity index (χ2v) is 6.56. The predicted molar refractivity (Wildman–Crippen MR) is 117 cm³/mol. The first-order valence-electron chi connectivity index (χ1n) is 9.44. The number of hydrogen-bond donors (Lipinski definition) is 3. The highest BCUT2D eigenvalue weighted by atomic mass is 19.1. The van der Waals surface area contributed by atoms with E-state index in [1.54, 1.807) is 30.3 Å². The molecule has 0 saturated carbocycles. The van der Waals surface area contributed by atoms with E-state index in [0.29, 0.717) is 17.0 Å². The monoisotopic (exact) mass is 431 g/mol. The first-order valence-corrected chi connectivity index (χ1v) is 9.44. The lowest BCUT2D eigenvalue weighted by molar-refractivity contribution is -0.118. The molecule has 0 aliphatic carbocycles. The van der Waals surface area contributed by atoms with Crippen LogP contribution >= 0.6 is 0 Å². The molecule has 0 spiro atoms. The molecular weight excluding hydrogens is 413 g/mol. The Kier molecular flexibility index (Phi) is 7.17. The fourth-order valence-electron chi connectivity index (χ4n) is 2.65. The number of para-hydroxylation sites is 1. The number of amides is 2. The molecule has 0 fully saturated rings. The van der Waals surface area contributed by atoms with E-state index in [1.165, 1.54) is 48.5 Å². The van der Waals surface area contributed by atoms with Gasteiger partial charge in [-0.2, -0.15) is 5.26 Å². The number of phenols is 1. The van der Waals surface area contributed by atoms with Gasteiger partial charge in [0.2, 0.25) is 0 Å². The number of benzene rings is 3. The lowest BCUT2D eigenvalue weighted by Gasteiger charge is -2.09. The van der Waals surface area contributed by atoms with Crippen LogP contribution in [0.4, 0.5) is 15.8 Å². The van der Waals surface area contributed by atoms with E-state index in [0.717, 1.165) is 0 Å². The molecule has 3 aromatic rings. The van der Waals surface area contributed by atoms with E-state index in [-0.39, 0.29) is 23.6 Å². The molecular formula is C24H18FN3O4. The number of carbonyl (C=O) groups excluding carboxylic acids is 2. The van der Waals surface area contributed by atoms with Crippen LogP contribution in [0.15, 0.2) is 78.4 Å². The summed E-state index contributed by atoms with van der Waals surface area (Å²) in [6, 6.07) is 19.9. The van der Waals surface area contributed by atoms with Crippen molar-refractivity contribution >= 4 is 29.3 Å². The van der Waals surface area contributed by atoms with Crippen molar-refractivity contribution in [2.75, 3.05) is 17.2 Å². The SMILES string of the molecule is N#C/C(=C\c1cccc(OCC(=O)Nc2ccccc2F)c1)C(=O)Nc1ccc(O)cc1. The van der Waals surface area contributed by atoms with Gasteiger partial charge in [0.15, 0.2) is 6.61 Å². The van der Waals surface area contributed by atoms with Crippen molar-refractivity contribution in [2.24, 2.45) is 0 Å². The summed E-state index contributed by atoms with van der Waals surface area (Å²) in [5.74, 6) is -1.32. The number of nitrogens with one attached hydrogen (secondary N) is 2. The van der Waals surface area contributed by atoms with E-state index in [4.69, 9.17) is 4.74 Å². The number of nitriles is 1. The van der Waals surface area contributed by atoms with Crippen LogP contribution in [-0.2, 0) is 9.59 Å². The molecule has 0 heterocycles. The van der Waals surface area contributed by atoms with Gasteiger partial charge in [-0.15, -0.1) is 0 Å². The van der Waals surface area contributed by atoms with Gasteiger partial charge in [-0.1, -0.05) is 24.3 Å². The van der Waals surface area contributed by atoms with Crippen LogP contribution in [0.1, 0.15) is 5.56 Å². The normalized spacial score (nSPS) is 10.7. The first kappa shape index (κ1) is 22.1. The maximum atomic E-state index is 13.6. The molecule has 0 aromatic heterocycles. The van der Waals surface area contributed by atoms with Crippen molar-refractivity contribution in [3.63, 3.8) is 0 Å². The molecule has 0 bridgehead atoms. The summed E-state index contributed by atoms with van der Waals surface area (Å²) in [5.41, 5.74) is 0.838. The molecule has 7 nitrogen and oxygen atoms in total. The van der Waals surface area contributed by atoms with Gasteiger partial charge in [-0.25, -0.2) is 4.39 Å². The van der Waals surface area contributed by atoms with E-state index in [2.05, 4.69) is 10.6 Å². The first-order chi connectivity index (χ1) is 15.4. The number of anilines is 2. The molecule has 32 heavy (non-hydrogen) atoms. The van der Waals surface area contributed by atoms with E-state index >= 15 is 0 Å². The molecule has 0 saturated heterocycles. The number of halogens is 1. The van der Waals surface area contributed by atoms with Crippen molar-refractivity contribution in [2.45, 2.75) is 0 Å². The highest BCUT2D eigenvalue weighted by molar-refractivity contribution is 6.09. The average Bonchev–Trinajstić information content (AvgIpc) is 2.79. The van der Waals surface area contributed by atoms with Crippen LogP contribution in [0, 0.1) is 17.1 Å². The Hall–Kier alpha value is -4.64. The minimum atomic E-state index is -0.617. The standard InChI is InChI=1S/C24H18FN3O4/c25-21-6-1-2-7-22(21)28-23(30)15-32-20-5-3-4-16(13-20)12-17(14-26)24(31)27-18-8-10-19(29)11-9-18/h1-13,29H,15H2,(H,27,31)(H,28,30)/b17-12+. The summed E-state index contributed by atoms with van der Waals surface area (Å²) in [6.45, 7) is -0.353. The van der Waals surface area contributed by atoms with Crippen LogP contribution in [0.3, 0.4) is 0 Å². The molecule has 3 N–H and O–H groups in total. The third-order valence-electron chi connectivity index (χ3n) is 4.18. The van der Waals surface area contributed by atoms with Gasteiger partial charge in [0.05, 0.1) is 5.69 Å². The minimum absolute atomic E-state index is 0.0519. The second kappa shape index (κ2) is 10.4. The molecule has 0 aliphatic rings. The molecule has 0 unspecified atom stereocenters. The Balaban J connectivity index is 1.63. The number of carbonyl (C=O) groups is 2. The van der Waals surface area contributed by atoms with Crippen LogP contribution in [0.25, 0.3) is 6.08 Å². The number of phenolic OH excluding ortho intramolecular Hbond substituents is 1. The number of hydrogen-bond acceptors (Lipinski definition) is 5. The fourth-order valence-corrected chi connectivity index (χ4v) is 2.65. The van der Waals surface area contributed by atoms with Crippen molar-refractivity contribution in [1.29, 1.82) is 5.26 Å². The Labute approximate surface area is 183 Å². The largest absolute Gasteiger partial charge is 0.508 e. The lowest BCUT2D eigenvalue weighted by atomic mass is 10.1. The van der Waals surface area contributed by atoms with Gasteiger partial charge in [0.25, 0.3) is 11.8 Å². The summed E-state index contributed by atoms with van der Waals surface area (Å²) in [4.78, 5) is 24.4. The topological polar surface area (TPSA) is 111 Å². The predicted octanol–water partition coefficient (Wildman–Crippen LogP) is 4.09. The Bertz CT molecular complexity index is 1200. The highest BCUT2D eigenvalue weighted by Gasteiger charge is 2.11. The Morgan fingerprint density at radius 3 is 2.50 bits per heavy atom. The highest BCUT2D eigenvalue weighted by Crippen LogP contribution is 2.18. The van der Waals surface area contributed by atoms with Gasteiger partial charge in [0.1, 0.15) is 29.0 Å². The molecule has 0 aliphatic heterocycles. The molecule has 0 radical (unpaired) electrons. The van der Waals surface area contributed by atoms with E-state index in [1.807, 2.05) is 6.07 Å². The van der Waals surface area contributed by atoms with Gasteiger partial charge >= 0.3 is 0 Å². The summed E-state index contributed by atoms with van der Waals surface area (Å²) in [6.07, 6.45) is 1.38. The lowest BCUT2D eigenvalue weighted by Crippen LogP contribution is -2.20. The van der Waals surface area contributed by atoms with Crippen LogP contribution in [-0.4, -0.2) is 23.5 Å². The summed E-state index contributed by atoms with van der Waals surface area (Å²) < 4.78 is 19.0. The third-order valence-corrected chi connectivity index (χ3v) is 4.18. The molecule has 2 amide bonds. The Morgan fingerprint density at radius 2 is 1.78 bits per heavy atom. The minimum Gasteiger partial charge on any atom is -0.508 e. The quantitative estimate of drug-likeness (QED) is 0.296. The van der Waals surface area contributed by atoms with Crippen molar-refractivity contribution < 1.29 is 23.8 Å². The molecule has 3 aromatic carbocycles. The van der Waals surface area contributed by atoms with Gasteiger partial charge in [-0.05, 0) is 60.2 Å². The summed E-state index contributed by atoms with van der Waals surface area (Å²) in [5, 5.41) is 23.6. The zero-order valence-corrected chi connectivity index (χ0v) is 16.7. The number of nitrogens with zero attached hydrogens (tertiary/aromatic N) is 1. The zero-order valence-electron chi connectivity index (χ0n) is 16.7. The van der Waals surface area contributed by atoms with Crippen LogP contribution in [0.5, 0.6) is 11.5 Å². The smallest absolute Gasteiger partial charge is 0.266 e. The van der Waals surface area contributed by atoms with Gasteiger partial charge < -0.3 is 20.5 Å². The molecule has 3 rings (SSSR count). The average molecular weight is 431 g/mol. The molecule has 160 valence electrons. The number of aromatic hydroxyl groups is 1. The molecule has 8 heteroatoms. The van der Waals surface area contributed by atoms with Crippen LogP contribution < -0.4 is 15.4 Å². The fraction of sp³-hybridized carbons (Fsp3) is 0.0417. The second-order valence-electron chi connectivity index (χ2n) is 6.56. The van der Waals surface area contributed by atoms with E-state index in [9.17, 15) is 24.3 Å². The maximum absolute atomic E-state index is 13.6. The van der Waals surface area contributed by atoms with Crippen molar-refractivity contribution in [3.8, 4) is 17.6 Å². The van der Waals surface area contributed by atoms with Crippen molar-refractivity contribution in [1.82, 2.24) is 0 Å². The number of rotatable bonds is 7. The summed E-state index contributed by atoms with van der Waals surface area (Å²) in [7, 11) is 0. The summed E-state index contributed by atoms with van der Waals surface area (Å²) >= 11 is 0. The number of ether oxygens (including phenoxy) is 1. The van der Waals surface area contributed by atoms with Gasteiger partial charge in [-0.3, -0.25) is 9.59 Å². The zero-order chi connectivity index (χ0) is 22.9. The third kappa shape index (κ3) is 6.18. The Morgan fingerprint density at radius 1 is 1.03 bits per heavy atom. The van der Waals surface area contributed by atoms with Crippen LogP contribution in [0.2, 0.25) is 0 Å². The van der Waals surface area contributed by atoms with Crippen molar-refractivity contribution in [3.05, 3.63) is 89.8 Å². The maximum Gasteiger partial charge on any atom is 0.266 e.